The third-order valence-corrected chi connectivity index (χ3v) is 3.73. The van der Waals surface area contributed by atoms with Crippen LogP contribution in [-0.4, -0.2) is 20.5 Å². The Kier molecular flexibility index (Phi) is 3.59. The largest absolute Gasteiger partial charge is 0.437 e. The Balaban J connectivity index is 2.95. The molecule has 0 saturated heterocycles. The highest BCUT2D eigenvalue weighted by Gasteiger charge is 2.27. The Hall–Kier alpha value is -0.370. The van der Waals surface area contributed by atoms with Gasteiger partial charge in [0.1, 0.15) is 0 Å². The Labute approximate surface area is 97.2 Å². The van der Waals surface area contributed by atoms with E-state index in [4.69, 9.17) is 10.2 Å². The second kappa shape index (κ2) is 4.25. The minimum atomic E-state index is -3.64. The van der Waals surface area contributed by atoms with E-state index in [1.54, 1.807) is 13.8 Å². The number of halogens is 1. The number of nitrogens with two attached hydrogens (primary N) is 1. The first-order chi connectivity index (χ1) is 6.77. The van der Waals surface area contributed by atoms with Crippen LogP contribution in [0.2, 0.25) is 0 Å². The van der Waals surface area contributed by atoms with Gasteiger partial charge in [0.25, 0.3) is 10.0 Å². The highest BCUT2D eigenvalue weighted by molar-refractivity contribution is 9.10. The molecular formula is C8H13BrN2O3S. The molecule has 0 aliphatic carbocycles. The lowest BCUT2D eigenvalue weighted by molar-refractivity contribution is 0.409. The molecule has 1 aromatic heterocycles. The van der Waals surface area contributed by atoms with Crippen LogP contribution in [0.5, 0.6) is 0 Å². The third kappa shape index (κ3) is 3.30. The van der Waals surface area contributed by atoms with Crippen molar-refractivity contribution < 1.29 is 12.8 Å². The van der Waals surface area contributed by atoms with Crippen LogP contribution in [0.1, 0.15) is 13.8 Å². The Morgan fingerprint density at radius 3 is 2.53 bits per heavy atom. The summed E-state index contributed by atoms with van der Waals surface area (Å²) in [5.41, 5.74) is 4.73. The van der Waals surface area contributed by atoms with E-state index in [-0.39, 0.29) is 11.6 Å². The van der Waals surface area contributed by atoms with Gasteiger partial charge < -0.3 is 10.2 Å². The molecule has 1 aromatic rings. The summed E-state index contributed by atoms with van der Waals surface area (Å²) >= 11 is 3.04. The highest BCUT2D eigenvalue weighted by atomic mass is 79.9. The lowest BCUT2D eigenvalue weighted by Gasteiger charge is -2.22. The van der Waals surface area contributed by atoms with Gasteiger partial charge in [0.15, 0.2) is 4.67 Å². The fourth-order valence-electron chi connectivity index (χ4n) is 0.898. The molecule has 86 valence electrons. The number of hydrogen-bond donors (Lipinski definition) is 2. The van der Waals surface area contributed by atoms with Gasteiger partial charge in [-0.15, -0.1) is 0 Å². The summed E-state index contributed by atoms with van der Waals surface area (Å²) in [6.07, 6.45) is 0. The van der Waals surface area contributed by atoms with Crippen molar-refractivity contribution in [2.45, 2.75) is 24.5 Å². The van der Waals surface area contributed by atoms with Crippen molar-refractivity contribution in [3.8, 4) is 0 Å². The van der Waals surface area contributed by atoms with E-state index in [1.165, 1.54) is 12.1 Å². The first-order valence-corrected chi connectivity index (χ1v) is 6.54. The quantitative estimate of drug-likeness (QED) is 0.870. The van der Waals surface area contributed by atoms with Gasteiger partial charge in [-0.25, -0.2) is 13.1 Å². The van der Waals surface area contributed by atoms with Crippen molar-refractivity contribution in [2.24, 2.45) is 5.73 Å². The monoisotopic (exact) mass is 296 g/mol. The van der Waals surface area contributed by atoms with Crippen molar-refractivity contribution in [3.63, 3.8) is 0 Å². The van der Waals surface area contributed by atoms with Crippen LogP contribution in [0.15, 0.2) is 26.3 Å². The maximum atomic E-state index is 11.7. The lowest BCUT2D eigenvalue weighted by Crippen LogP contribution is -2.48. The molecule has 0 fully saturated rings. The van der Waals surface area contributed by atoms with E-state index in [2.05, 4.69) is 20.7 Å². The fourth-order valence-corrected chi connectivity index (χ4v) is 2.67. The molecule has 15 heavy (non-hydrogen) atoms. The number of sulfonamides is 1. The predicted octanol–water partition coefficient (Wildman–Crippen LogP) is 1.06. The second-order valence-corrected chi connectivity index (χ2v) is 6.15. The van der Waals surface area contributed by atoms with Crippen LogP contribution in [-0.2, 0) is 10.0 Å². The molecule has 0 atom stereocenters. The molecule has 0 saturated carbocycles. The van der Waals surface area contributed by atoms with E-state index >= 15 is 0 Å². The topological polar surface area (TPSA) is 85.3 Å². The standard InChI is InChI=1S/C8H13BrN2O3S/c1-8(2,5-10)11-15(12,13)7-4-3-6(9)14-7/h3-4,11H,5,10H2,1-2H3. The van der Waals surface area contributed by atoms with Crippen LogP contribution >= 0.6 is 15.9 Å². The average Bonchev–Trinajstić information content (AvgIpc) is 2.51. The molecule has 0 aliphatic rings. The van der Waals surface area contributed by atoms with Crippen molar-refractivity contribution in [2.75, 3.05) is 6.54 Å². The van der Waals surface area contributed by atoms with E-state index in [0.717, 1.165) is 0 Å². The normalized spacial score (nSPS) is 13.1. The molecule has 0 unspecified atom stereocenters. The van der Waals surface area contributed by atoms with Crippen LogP contribution < -0.4 is 10.5 Å². The van der Waals surface area contributed by atoms with Crippen molar-refractivity contribution in [1.82, 2.24) is 4.72 Å². The van der Waals surface area contributed by atoms with Crippen molar-refractivity contribution in [1.29, 1.82) is 0 Å². The molecule has 3 N–H and O–H groups in total. The number of hydrogen-bond acceptors (Lipinski definition) is 4. The van der Waals surface area contributed by atoms with Gasteiger partial charge in [0.05, 0.1) is 0 Å². The average molecular weight is 297 g/mol. The van der Waals surface area contributed by atoms with Gasteiger partial charge >= 0.3 is 0 Å². The number of rotatable bonds is 4. The molecular weight excluding hydrogens is 284 g/mol. The van der Waals surface area contributed by atoms with Gasteiger partial charge in [-0.1, -0.05) is 0 Å². The van der Waals surface area contributed by atoms with Crippen LogP contribution in [0, 0.1) is 0 Å². The van der Waals surface area contributed by atoms with Gasteiger partial charge in [0, 0.05) is 12.1 Å². The van der Waals surface area contributed by atoms with E-state index < -0.39 is 15.6 Å². The van der Waals surface area contributed by atoms with Crippen LogP contribution in [0.4, 0.5) is 0 Å². The summed E-state index contributed by atoms with van der Waals surface area (Å²) in [7, 11) is -3.64. The van der Waals surface area contributed by atoms with E-state index in [1.807, 2.05) is 0 Å². The zero-order valence-corrected chi connectivity index (χ0v) is 10.9. The third-order valence-electron chi connectivity index (χ3n) is 1.73. The molecule has 1 rings (SSSR count). The SMILES string of the molecule is CC(C)(CN)NS(=O)(=O)c1ccc(Br)o1. The molecule has 1 heterocycles. The van der Waals surface area contributed by atoms with Gasteiger partial charge in [-0.2, -0.15) is 0 Å². The molecule has 5 nitrogen and oxygen atoms in total. The highest BCUT2D eigenvalue weighted by Crippen LogP contribution is 2.19. The fraction of sp³-hybridized carbons (Fsp3) is 0.500. The summed E-state index contributed by atoms with van der Waals surface area (Å²) < 4.78 is 31.3. The van der Waals surface area contributed by atoms with Gasteiger partial charge in [-0.3, -0.25) is 0 Å². The number of furan rings is 1. The van der Waals surface area contributed by atoms with Crippen LogP contribution in [0.3, 0.4) is 0 Å². The Bertz CT molecular complexity index is 438. The minimum absolute atomic E-state index is 0.129. The van der Waals surface area contributed by atoms with Gasteiger partial charge in [0.2, 0.25) is 5.09 Å². The van der Waals surface area contributed by atoms with Crippen molar-refractivity contribution in [3.05, 3.63) is 16.8 Å². The summed E-state index contributed by atoms with van der Waals surface area (Å²) in [6, 6.07) is 2.89. The maximum Gasteiger partial charge on any atom is 0.274 e. The zero-order chi connectivity index (χ0) is 11.7. The second-order valence-electron chi connectivity index (χ2n) is 3.75. The molecule has 0 amide bonds. The molecule has 7 heteroatoms. The molecule has 0 aromatic carbocycles. The Morgan fingerprint density at radius 1 is 1.53 bits per heavy atom. The zero-order valence-electron chi connectivity index (χ0n) is 8.45. The summed E-state index contributed by atoms with van der Waals surface area (Å²) in [5.74, 6) is 0. The van der Waals surface area contributed by atoms with E-state index in [0.29, 0.717) is 4.67 Å². The summed E-state index contributed by atoms with van der Waals surface area (Å²) in [4.78, 5) is 0. The molecule has 0 spiro atoms. The predicted molar refractivity (Wildman–Crippen MR) is 59.9 cm³/mol. The molecule has 0 radical (unpaired) electrons. The van der Waals surface area contributed by atoms with Gasteiger partial charge in [-0.05, 0) is 41.9 Å². The summed E-state index contributed by atoms with van der Waals surface area (Å²) in [6.45, 7) is 3.60. The maximum absolute atomic E-state index is 11.7. The molecule has 0 bridgehead atoms. The van der Waals surface area contributed by atoms with Crippen molar-refractivity contribution >= 4 is 26.0 Å². The minimum Gasteiger partial charge on any atom is -0.437 e. The number of nitrogens with one attached hydrogen (secondary N) is 1. The smallest absolute Gasteiger partial charge is 0.274 e. The van der Waals surface area contributed by atoms with E-state index in [9.17, 15) is 8.42 Å². The Morgan fingerprint density at radius 2 is 2.13 bits per heavy atom. The van der Waals surface area contributed by atoms with Crippen LogP contribution in [0.25, 0.3) is 0 Å². The lowest BCUT2D eigenvalue weighted by atomic mass is 10.1. The first-order valence-electron chi connectivity index (χ1n) is 4.26. The summed E-state index contributed by atoms with van der Waals surface area (Å²) in [5, 5.41) is -0.129. The molecule has 0 aliphatic heterocycles. The first kappa shape index (κ1) is 12.7.